The van der Waals surface area contributed by atoms with Gasteiger partial charge in [0.25, 0.3) is 0 Å². The summed E-state index contributed by atoms with van der Waals surface area (Å²) in [5, 5.41) is 4.92. The number of piperidine rings is 4. The second-order valence-corrected chi connectivity index (χ2v) is 24.9. The fraction of sp³-hybridized carbons (Fsp3) is 0.537. The number of carbonyl (C=O) groups excluding carboxylic acids is 3. The Balaban J connectivity index is 0.000000175. The summed E-state index contributed by atoms with van der Waals surface area (Å²) < 4.78 is 4.17. The van der Waals surface area contributed by atoms with Gasteiger partial charge in [-0.1, -0.05) is 55.1 Å². The Bertz CT molecular complexity index is 2560. The molecule has 0 radical (unpaired) electrons. The number of pyridine rings is 2. The minimum Gasteiger partial charge on any atom is -0.343 e. The second kappa shape index (κ2) is 24.1. The molecule has 0 spiro atoms. The van der Waals surface area contributed by atoms with Crippen LogP contribution in [0.25, 0.3) is 0 Å². The molecule has 4 fully saturated rings. The van der Waals surface area contributed by atoms with Crippen LogP contribution in [-0.4, -0.2) is 101 Å². The number of amides is 3. The third kappa shape index (κ3) is 12.4. The van der Waals surface area contributed by atoms with Crippen LogP contribution in [0.2, 0.25) is 10.0 Å². The number of likely N-dealkylation sites (tertiary alicyclic amines) is 3. The maximum absolute atomic E-state index is 13.2. The van der Waals surface area contributed by atoms with Gasteiger partial charge in [-0.2, -0.15) is 0 Å². The summed E-state index contributed by atoms with van der Waals surface area (Å²) in [4.78, 5) is 53.9. The van der Waals surface area contributed by atoms with Gasteiger partial charge in [-0.25, -0.2) is 0 Å². The largest absolute Gasteiger partial charge is 0.343 e. The number of aromatic nitrogens is 2. The summed E-state index contributed by atoms with van der Waals surface area (Å²) in [5.41, 5.74) is 10.2. The first kappa shape index (κ1) is 52.8. The molecule has 4 aromatic rings. The Morgan fingerprint density at radius 3 is 1.34 bits per heavy atom. The molecule has 0 unspecified atom stereocenters. The highest BCUT2D eigenvalue weighted by atomic mass is 79.9. The molecular formula is C54H61Br4Cl3N6O3. The molecule has 2 aromatic heterocycles. The van der Waals surface area contributed by atoms with E-state index in [0.29, 0.717) is 55.5 Å². The van der Waals surface area contributed by atoms with Gasteiger partial charge in [-0.15, -0.1) is 11.6 Å². The number of aryl methyl sites for hydroxylation is 4. The Morgan fingerprint density at radius 1 is 0.529 bits per heavy atom. The molecule has 9 nitrogen and oxygen atoms in total. The number of hydrogen-bond acceptors (Lipinski definition) is 6. The molecule has 2 aromatic carbocycles. The third-order valence-electron chi connectivity index (χ3n) is 16.0. The molecule has 374 valence electrons. The molecular weight excluding hydrogens is 1210 g/mol. The SMILES string of the molecule is O=C(CC1CCNCC1)N1CCC([C@H]2c3ncc(Br)cc3CCc3cc(Cl)cc(Br)c32)CC1.O=C(CCl)N1CCC(CC(=O)N2CCC([C@H]3c4ncc(Br)cc4CCc4cc(Cl)cc(Br)c43)CC2)CC1. The quantitative estimate of drug-likeness (QED) is 0.185. The minimum absolute atomic E-state index is 0.00840. The first-order valence-electron chi connectivity index (χ1n) is 25.2. The van der Waals surface area contributed by atoms with Crippen molar-refractivity contribution in [2.45, 2.75) is 102 Å². The zero-order valence-electron chi connectivity index (χ0n) is 39.5. The maximum atomic E-state index is 13.2. The molecule has 2 aliphatic carbocycles. The Kier molecular flexibility index (Phi) is 18.1. The topological polar surface area (TPSA) is 98.7 Å². The lowest BCUT2D eigenvalue weighted by atomic mass is 9.76. The number of hydrogen-bond donors (Lipinski definition) is 1. The zero-order chi connectivity index (χ0) is 49.1. The average Bonchev–Trinajstić information content (AvgIpc) is 3.62. The van der Waals surface area contributed by atoms with E-state index in [1.54, 1.807) is 0 Å². The van der Waals surface area contributed by atoms with Crippen molar-refractivity contribution in [1.82, 2.24) is 30.0 Å². The molecule has 70 heavy (non-hydrogen) atoms. The van der Waals surface area contributed by atoms with Crippen LogP contribution in [0.3, 0.4) is 0 Å². The van der Waals surface area contributed by atoms with Gasteiger partial charge < -0.3 is 20.0 Å². The smallest absolute Gasteiger partial charge is 0.237 e. The van der Waals surface area contributed by atoms with Crippen LogP contribution in [0.5, 0.6) is 0 Å². The molecule has 16 heteroatoms. The van der Waals surface area contributed by atoms with Crippen LogP contribution in [0, 0.1) is 23.7 Å². The van der Waals surface area contributed by atoms with Crippen LogP contribution in [0.1, 0.15) is 121 Å². The highest BCUT2D eigenvalue weighted by Gasteiger charge is 2.39. The van der Waals surface area contributed by atoms with Gasteiger partial charge >= 0.3 is 0 Å². The molecule has 1 N–H and O–H groups in total. The summed E-state index contributed by atoms with van der Waals surface area (Å²) in [6.07, 6.45) is 16.8. The number of carbonyl (C=O) groups is 3. The van der Waals surface area contributed by atoms with Crippen molar-refractivity contribution < 1.29 is 14.4 Å². The van der Waals surface area contributed by atoms with Gasteiger partial charge in [0.05, 0.1) is 11.4 Å². The second-order valence-electron chi connectivity index (χ2n) is 20.3. The summed E-state index contributed by atoms with van der Waals surface area (Å²) in [7, 11) is 0. The van der Waals surface area contributed by atoms with Gasteiger partial charge in [-0.05, 0) is 215 Å². The van der Waals surface area contributed by atoms with Crippen molar-refractivity contribution in [3.05, 3.63) is 121 Å². The highest BCUT2D eigenvalue weighted by molar-refractivity contribution is 9.11. The van der Waals surface area contributed by atoms with Gasteiger partial charge in [0, 0.05) is 104 Å². The summed E-state index contributed by atoms with van der Waals surface area (Å²) in [5.74, 6) is 2.75. The van der Waals surface area contributed by atoms with Crippen LogP contribution in [-0.2, 0) is 40.1 Å². The number of fused-ring (bicyclic) bond motifs is 4. The predicted molar refractivity (Wildman–Crippen MR) is 294 cm³/mol. The van der Waals surface area contributed by atoms with Crippen LogP contribution < -0.4 is 5.32 Å². The minimum atomic E-state index is -0.00840. The molecule has 0 bridgehead atoms. The first-order chi connectivity index (χ1) is 33.8. The lowest BCUT2D eigenvalue weighted by molar-refractivity contribution is -0.135. The summed E-state index contributed by atoms with van der Waals surface area (Å²) in [6, 6.07) is 12.7. The van der Waals surface area contributed by atoms with E-state index in [1.807, 2.05) is 29.4 Å². The molecule has 4 aliphatic heterocycles. The van der Waals surface area contributed by atoms with E-state index in [2.05, 4.69) is 103 Å². The standard InChI is InChI=1S/C28H31Br2Cl2N3O2.C26H30Br2ClN3O/c29-21-12-20-2-1-19-13-22(32)14-23(30)26(19)27(28(20)33-16-21)18-5-9-34(10-6-18)24(36)11-17-3-7-35(8-4-17)25(37)15-31;27-20-12-19-2-1-18-13-21(29)14-22(28)24(18)25(26(19)31-15-20)17-5-9-32(10-6-17)23(33)11-16-3-7-30-8-4-16/h12-14,16-18,27H,1-11,15H2;12-17,25,30H,1-11H2/t27-;25-/m11/s1. The maximum Gasteiger partial charge on any atom is 0.237 e. The third-order valence-corrected chi connectivity index (χ3v) is 18.9. The van der Waals surface area contributed by atoms with Gasteiger partial charge in [-0.3, -0.25) is 24.4 Å². The number of rotatable bonds is 7. The van der Waals surface area contributed by atoms with Gasteiger partial charge in [0.2, 0.25) is 17.7 Å². The summed E-state index contributed by atoms with van der Waals surface area (Å²) >= 11 is 33.5. The Morgan fingerprint density at radius 2 is 0.914 bits per heavy atom. The Hall–Kier alpha value is -2.10. The first-order valence-corrected chi connectivity index (χ1v) is 29.6. The average molecular weight is 1270 g/mol. The van der Waals surface area contributed by atoms with Crippen molar-refractivity contribution in [3.8, 4) is 0 Å². The monoisotopic (exact) mass is 1260 g/mol. The summed E-state index contributed by atoms with van der Waals surface area (Å²) in [6.45, 7) is 6.73. The molecule has 6 heterocycles. The van der Waals surface area contributed by atoms with E-state index in [9.17, 15) is 14.4 Å². The number of nitrogens with zero attached hydrogens (tertiary/aromatic N) is 5. The van der Waals surface area contributed by atoms with Crippen LogP contribution in [0.15, 0.2) is 66.7 Å². The lowest BCUT2D eigenvalue weighted by Gasteiger charge is -2.38. The molecule has 4 saturated heterocycles. The predicted octanol–water partition coefficient (Wildman–Crippen LogP) is 12.7. The van der Waals surface area contributed by atoms with E-state index in [0.717, 1.165) is 150 Å². The van der Waals surface area contributed by atoms with E-state index in [1.165, 1.54) is 39.1 Å². The number of halogens is 7. The van der Waals surface area contributed by atoms with Crippen molar-refractivity contribution in [2.75, 3.05) is 58.2 Å². The van der Waals surface area contributed by atoms with E-state index >= 15 is 0 Å². The zero-order valence-corrected chi connectivity index (χ0v) is 48.1. The molecule has 3 amide bonds. The van der Waals surface area contributed by atoms with E-state index < -0.39 is 0 Å². The highest BCUT2D eigenvalue weighted by Crippen LogP contribution is 2.48. The fourth-order valence-electron chi connectivity index (χ4n) is 12.3. The van der Waals surface area contributed by atoms with E-state index in [4.69, 9.17) is 44.8 Å². The number of benzene rings is 2. The van der Waals surface area contributed by atoms with Gasteiger partial charge in [0.15, 0.2) is 0 Å². The van der Waals surface area contributed by atoms with Gasteiger partial charge in [0.1, 0.15) is 5.88 Å². The number of alkyl halides is 1. The molecule has 2 atom stereocenters. The van der Waals surface area contributed by atoms with Crippen molar-refractivity contribution in [2.24, 2.45) is 23.7 Å². The van der Waals surface area contributed by atoms with Crippen molar-refractivity contribution in [1.29, 1.82) is 0 Å². The van der Waals surface area contributed by atoms with Crippen LogP contribution >= 0.6 is 98.5 Å². The normalized spacial score (nSPS) is 21.3. The fourth-order valence-corrected chi connectivity index (χ4v) is 15.5. The molecule has 6 aliphatic rings. The van der Waals surface area contributed by atoms with Crippen LogP contribution in [0.4, 0.5) is 0 Å². The molecule has 0 saturated carbocycles. The molecule has 10 rings (SSSR count). The number of nitrogens with one attached hydrogen (secondary N) is 1. The van der Waals surface area contributed by atoms with Crippen molar-refractivity contribution >= 4 is 116 Å². The van der Waals surface area contributed by atoms with Crippen molar-refractivity contribution in [3.63, 3.8) is 0 Å². The Labute approximate surface area is 461 Å². The lowest BCUT2D eigenvalue weighted by Crippen LogP contribution is -2.43. The van der Waals surface area contributed by atoms with E-state index in [-0.39, 0.29) is 29.5 Å².